The van der Waals surface area contributed by atoms with Crippen LogP contribution in [0.15, 0.2) is 6.07 Å². The number of ether oxygens (including phenoxy) is 3. The fourth-order valence-electron chi connectivity index (χ4n) is 4.62. The van der Waals surface area contributed by atoms with E-state index < -0.39 is 11.6 Å². The summed E-state index contributed by atoms with van der Waals surface area (Å²) in [6.07, 6.45) is 4.98. The highest BCUT2D eigenvalue weighted by molar-refractivity contribution is 5.80. The third-order valence-electron chi connectivity index (χ3n) is 6.81. The number of hydrogen-bond acceptors (Lipinski definition) is 5. The van der Waals surface area contributed by atoms with E-state index in [-0.39, 0.29) is 52.6 Å². The first-order valence-corrected chi connectivity index (χ1v) is 11.3. The number of rotatable bonds is 8. The quantitative estimate of drug-likeness (QED) is 0.666. The number of nitrogens with zero attached hydrogens (tertiary/aromatic N) is 2. The molecule has 3 saturated carbocycles. The molecule has 3 aliphatic carbocycles. The fraction of sp³-hybridized carbons (Fsp3) is 0.652. The Bertz CT molecular complexity index is 1040. The Labute approximate surface area is 185 Å². The van der Waals surface area contributed by atoms with Crippen LogP contribution in [0, 0.1) is 17.6 Å². The minimum absolute atomic E-state index is 0.0366. The van der Waals surface area contributed by atoms with E-state index in [1.54, 1.807) is 7.05 Å². The highest BCUT2D eigenvalue weighted by Gasteiger charge is 2.73. The number of fused-ring (bicyclic) bond motifs is 2. The van der Waals surface area contributed by atoms with Crippen molar-refractivity contribution in [3.63, 3.8) is 0 Å². The van der Waals surface area contributed by atoms with Crippen molar-refractivity contribution in [2.45, 2.75) is 76.2 Å². The first-order chi connectivity index (χ1) is 15.3. The van der Waals surface area contributed by atoms with Crippen LogP contribution in [-0.2, 0) is 16.6 Å². The zero-order valence-corrected chi connectivity index (χ0v) is 18.6. The van der Waals surface area contributed by atoms with Gasteiger partial charge in [-0.15, -0.1) is 0 Å². The predicted octanol–water partition coefficient (Wildman–Crippen LogP) is 3.62. The second-order valence-corrected chi connectivity index (χ2v) is 9.54. The van der Waals surface area contributed by atoms with Crippen LogP contribution >= 0.6 is 0 Å². The second-order valence-electron chi connectivity index (χ2n) is 9.54. The van der Waals surface area contributed by atoms with Crippen LogP contribution in [0.3, 0.4) is 0 Å². The van der Waals surface area contributed by atoms with Crippen LogP contribution in [0.1, 0.15) is 52.4 Å². The molecule has 7 nitrogen and oxygen atoms in total. The maximum absolute atomic E-state index is 15.1. The van der Waals surface area contributed by atoms with Gasteiger partial charge in [0.1, 0.15) is 22.7 Å². The van der Waals surface area contributed by atoms with E-state index in [2.05, 4.69) is 10.3 Å². The van der Waals surface area contributed by atoms with Gasteiger partial charge in [0.15, 0.2) is 17.4 Å². The Morgan fingerprint density at radius 2 is 1.94 bits per heavy atom. The van der Waals surface area contributed by atoms with Crippen molar-refractivity contribution >= 4 is 16.9 Å². The lowest BCUT2D eigenvalue weighted by Crippen LogP contribution is -2.37. The number of carbonyl (C=O) groups is 1. The summed E-state index contributed by atoms with van der Waals surface area (Å²) >= 11 is 0. The van der Waals surface area contributed by atoms with Crippen LogP contribution in [0.4, 0.5) is 8.78 Å². The van der Waals surface area contributed by atoms with Gasteiger partial charge < -0.3 is 19.5 Å². The number of halogens is 2. The van der Waals surface area contributed by atoms with E-state index in [9.17, 15) is 9.18 Å². The molecular weight excluding hydrogens is 420 g/mol. The minimum atomic E-state index is -0.610. The third-order valence-corrected chi connectivity index (χ3v) is 6.81. The van der Waals surface area contributed by atoms with Crippen molar-refractivity contribution in [2.75, 3.05) is 6.61 Å². The van der Waals surface area contributed by atoms with Gasteiger partial charge in [0, 0.05) is 32.0 Å². The summed E-state index contributed by atoms with van der Waals surface area (Å²) in [5, 5.41) is 2.80. The largest absolute Gasteiger partial charge is 0.484 e. The summed E-state index contributed by atoms with van der Waals surface area (Å²) in [5.41, 5.74) is -0.232. The average molecular weight is 449 g/mol. The maximum atomic E-state index is 15.1. The highest BCUT2D eigenvalue weighted by atomic mass is 19.1. The molecule has 0 radical (unpaired) electrons. The maximum Gasteiger partial charge on any atom is 0.297 e. The molecule has 0 unspecified atom stereocenters. The van der Waals surface area contributed by atoms with Gasteiger partial charge in [0.2, 0.25) is 5.91 Å². The van der Waals surface area contributed by atoms with Crippen molar-refractivity contribution in [1.29, 1.82) is 0 Å². The van der Waals surface area contributed by atoms with E-state index in [4.69, 9.17) is 14.2 Å². The first kappa shape index (κ1) is 21.4. The Morgan fingerprint density at radius 3 is 2.56 bits per heavy atom. The van der Waals surface area contributed by atoms with Crippen LogP contribution in [0.2, 0.25) is 0 Å². The molecule has 1 aromatic heterocycles. The molecule has 1 amide bonds. The fourth-order valence-corrected chi connectivity index (χ4v) is 4.62. The first-order valence-electron chi connectivity index (χ1n) is 11.3. The van der Waals surface area contributed by atoms with Crippen LogP contribution < -0.4 is 14.8 Å². The molecule has 3 aliphatic rings. The molecular formula is C23H29F2N3O4. The molecule has 1 heterocycles. The minimum Gasteiger partial charge on any atom is -0.484 e. The average Bonchev–Trinajstić information content (AvgIpc) is 3.56. The number of nitrogens with one attached hydrogen (secondary N) is 1. The normalized spacial score (nSPS) is 29.3. The molecule has 0 bridgehead atoms. The number of hydrogen-bond donors (Lipinski definition) is 1. The van der Waals surface area contributed by atoms with E-state index in [1.807, 2.05) is 6.92 Å². The highest BCUT2D eigenvalue weighted by Crippen LogP contribution is 2.69. The Hall–Kier alpha value is -2.42. The number of carbonyl (C=O) groups excluding carboxylic acids is 1. The van der Waals surface area contributed by atoms with E-state index in [0.29, 0.717) is 12.5 Å². The smallest absolute Gasteiger partial charge is 0.297 e. The molecule has 9 heteroatoms. The monoisotopic (exact) mass is 449 g/mol. The van der Waals surface area contributed by atoms with Gasteiger partial charge in [0.25, 0.3) is 6.01 Å². The zero-order valence-electron chi connectivity index (χ0n) is 18.6. The van der Waals surface area contributed by atoms with E-state index >= 15 is 4.39 Å². The van der Waals surface area contributed by atoms with Crippen LogP contribution in [0.25, 0.3) is 11.0 Å². The van der Waals surface area contributed by atoms with Gasteiger partial charge in [-0.25, -0.2) is 8.78 Å². The van der Waals surface area contributed by atoms with Crippen LogP contribution in [-0.4, -0.2) is 45.9 Å². The molecule has 0 aliphatic heterocycles. The molecule has 1 atom stereocenters. The third kappa shape index (κ3) is 4.02. The predicted molar refractivity (Wildman–Crippen MR) is 113 cm³/mol. The molecule has 0 spiro atoms. The van der Waals surface area contributed by atoms with Gasteiger partial charge in [-0.1, -0.05) is 0 Å². The van der Waals surface area contributed by atoms with Gasteiger partial charge in [-0.2, -0.15) is 4.98 Å². The Kier molecular flexibility index (Phi) is 5.27. The topological polar surface area (TPSA) is 74.6 Å². The standard InChI is InChI=1S/C23H29F2N3O4/c1-12(26-13(2)29)11-30-15-4-6-16(7-5-15)31-22-27-20-17(24)8-18(19(25)21(20)28(22)3)32-23-9-14(23)10-23/h8,12,14-16H,4-7,9-11H2,1-3H3,(H,26,29)/t12-,14?,15?,16?,23?/m0/s1. The molecule has 5 rings (SSSR count). The zero-order chi connectivity index (χ0) is 22.6. The van der Waals surface area contributed by atoms with Gasteiger partial charge in [-0.05, 0) is 45.4 Å². The summed E-state index contributed by atoms with van der Waals surface area (Å²) in [4.78, 5) is 15.3. The van der Waals surface area contributed by atoms with E-state index in [0.717, 1.165) is 44.6 Å². The van der Waals surface area contributed by atoms with Crippen molar-refractivity contribution in [2.24, 2.45) is 13.0 Å². The number of aryl methyl sites for hydroxylation is 1. The number of aromatic nitrogens is 2. The molecule has 2 aromatic rings. The van der Waals surface area contributed by atoms with Gasteiger partial charge in [-0.3, -0.25) is 9.36 Å². The van der Waals surface area contributed by atoms with Crippen molar-refractivity contribution in [1.82, 2.24) is 14.9 Å². The molecule has 1 aromatic carbocycles. The SMILES string of the molecule is CC(=O)N[C@@H](C)COC1CCC(Oc2nc3c(F)cc(OC45CC4C5)c(F)c3n2C)CC1. The molecule has 3 fully saturated rings. The van der Waals surface area contributed by atoms with E-state index in [1.165, 1.54) is 11.5 Å². The molecule has 174 valence electrons. The van der Waals surface area contributed by atoms with Gasteiger partial charge >= 0.3 is 0 Å². The van der Waals surface area contributed by atoms with Crippen molar-refractivity contribution in [3.8, 4) is 11.8 Å². The summed E-state index contributed by atoms with van der Waals surface area (Å²) < 4.78 is 48.9. The summed E-state index contributed by atoms with van der Waals surface area (Å²) in [7, 11) is 1.63. The molecule has 0 saturated heterocycles. The summed E-state index contributed by atoms with van der Waals surface area (Å²) in [5.74, 6) is -0.823. The van der Waals surface area contributed by atoms with Crippen molar-refractivity contribution < 1.29 is 27.8 Å². The Balaban J connectivity index is 1.21. The molecule has 32 heavy (non-hydrogen) atoms. The number of imidazole rings is 1. The summed E-state index contributed by atoms with van der Waals surface area (Å²) in [6, 6.07) is 1.26. The lowest BCUT2D eigenvalue weighted by Gasteiger charge is -2.29. The van der Waals surface area contributed by atoms with Crippen molar-refractivity contribution in [3.05, 3.63) is 17.7 Å². The second kappa shape index (κ2) is 7.86. The Morgan fingerprint density at radius 1 is 1.28 bits per heavy atom. The molecule has 1 N–H and O–H groups in total. The number of benzene rings is 1. The lowest BCUT2D eigenvalue weighted by atomic mass is 9.95. The lowest BCUT2D eigenvalue weighted by molar-refractivity contribution is -0.120. The van der Waals surface area contributed by atoms with Crippen LogP contribution in [0.5, 0.6) is 11.8 Å². The number of amides is 1. The van der Waals surface area contributed by atoms with Gasteiger partial charge in [0.05, 0.1) is 12.7 Å². The summed E-state index contributed by atoms with van der Waals surface area (Å²) in [6.45, 7) is 3.86.